The number of likely N-dealkylation sites (N-methyl/N-ethyl adjacent to an activating group) is 1. The Kier molecular flexibility index (Phi) is 6.94. The highest BCUT2D eigenvalue weighted by Crippen LogP contribution is 2.18. The van der Waals surface area contributed by atoms with E-state index in [-0.39, 0.29) is 11.4 Å². The summed E-state index contributed by atoms with van der Waals surface area (Å²) in [7, 11) is -2.51. The largest absolute Gasteiger partial charge is 0.379 e. The van der Waals surface area contributed by atoms with Crippen molar-refractivity contribution in [1.29, 1.82) is 5.26 Å². The number of nitriles is 1. The lowest BCUT2D eigenvalue weighted by Gasteiger charge is -2.25. The molecule has 0 saturated carbocycles. The standard InChI is InChI=1S/C18H21N5O4S2/c1-22(29(25,26)16-4-2-14(10-19)3-5-16)12-17(24)21-18-20-15(13-28-18)11-23-6-8-27-9-7-23/h2-5,13H,6-9,11-12H2,1H3,(H,20,21,24). The Bertz CT molecular complexity index is 992. The lowest BCUT2D eigenvalue weighted by molar-refractivity contribution is -0.116. The highest BCUT2D eigenvalue weighted by Gasteiger charge is 2.23. The third kappa shape index (κ3) is 5.59. The van der Waals surface area contributed by atoms with Crippen molar-refractivity contribution in [2.75, 3.05) is 45.2 Å². The maximum absolute atomic E-state index is 12.6. The zero-order valence-electron chi connectivity index (χ0n) is 15.9. The number of benzene rings is 1. The topological polar surface area (TPSA) is 116 Å². The van der Waals surface area contributed by atoms with Gasteiger partial charge in [-0.05, 0) is 24.3 Å². The lowest BCUT2D eigenvalue weighted by atomic mass is 10.2. The number of thiazole rings is 1. The number of amides is 1. The number of hydrogen-bond donors (Lipinski definition) is 1. The van der Waals surface area contributed by atoms with Crippen LogP contribution >= 0.6 is 11.3 Å². The van der Waals surface area contributed by atoms with Gasteiger partial charge in [0, 0.05) is 32.1 Å². The van der Waals surface area contributed by atoms with E-state index >= 15 is 0 Å². The smallest absolute Gasteiger partial charge is 0.243 e. The van der Waals surface area contributed by atoms with Crippen molar-refractivity contribution in [3.05, 3.63) is 40.9 Å². The highest BCUT2D eigenvalue weighted by molar-refractivity contribution is 7.89. The molecule has 1 N–H and O–H groups in total. The summed E-state index contributed by atoms with van der Waals surface area (Å²) in [5.41, 5.74) is 1.21. The number of nitrogens with zero attached hydrogens (tertiary/aromatic N) is 4. The third-order valence-electron chi connectivity index (χ3n) is 4.35. The van der Waals surface area contributed by atoms with Gasteiger partial charge in [0.1, 0.15) is 0 Å². The molecule has 0 bridgehead atoms. The van der Waals surface area contributed by atoms with Gasteiger partial charge in [-0.15, -0.1) is 11.3 Å². The van der Waals surface area contributed by atoms with Gasteiger partial charge in [-0.3, -0.25) is 9.69 Å². The molecule has 1 saturated heterocycles. The first-order valence-electron chi connectivity index (χ1n) is 8.89. The molecule has 1 aromatic heterocycles. The fraction of sp³-hybridized carbons (Fsp3) is 0.389. The second kappa shape index (κ2) is 9.43. The van der Waals surface area contributed by atoms with E-state index < -0.39 is 15.9 Å². The van der Waals surface area contributed by atoms with Crippen LogP contribution in [0.2, 0.25) is 0 Å². The summed E-state index contributed by atoms with van der Waals surface area (Å²) in [6, 6.07) is 7.48. The first-order chi connectivity index (χ1) is 13.9. The van der Waals surface area contributed by atoms with Crippen LogP contribution in [0.1, 0.15) is 11.3 Å². The summed E-state index contributed by atoms with van der Waals surface area (Å²) >= 11 is 1.30. The molecular weight excluding hydrogens is 414 g/mol. The number of aromatic nitrogens is 1. The van der Waals surface area contributed by atoms with Crippen LogP contribution in [0.25, 0.3) is 0 Å². The van der Waals surface area contributed by atoms with E-state index in [1.165, 1.54) is 42.6 Å². The first kappa shape index (κ1) is 21.4. The Hall–Kier alpha value is -2.36. The first-order valence-corrected chi connectivity index (χ1v) is 11.2. The van der Waals surface area contributed by atoms with Crippen LogP contribution in [-0.4, -0.2) is 68.4 Å². The van der Waals surface area contributed by atoms with Crippen LogP contribution in [0.15, 0.2) is 34.5 Å². The molecule has 0 atom stereocenters. The van der Waals surface area contributed by atoms with Gasteiger partial charge in [0.2, 0.25) is 15.9 Å². The molecule has 0 spiro atoms. The number of morpholine rings is 1. The molecule has 29 heavy (non-hydrogen) atoms. The van der Waals surface area contributed by atoms with Crippen molar-refractivity contribution in [3.8, 4) is 6.07 Å². The van der Waals surface area contributed by atoms with Crippen molar-refractivity contribution in [3.63, 3.8) is 0 Å². The van der Waals surface area contributed by atoms with E-state index in [4.69, 9.17) is 10.00 Å². The Morgan fingerprint density at radius 3 is 2.69 bits per heavy atom. The van der Waals surface area contributed by atoms with Crippen molar-refractivity contribution in [2.45, 2.75) is 11.4 Å². The van der Waals surface area contributed by atoms with Crippen LogP contribution in [0, 0.1) is 11.3 Å². The second-order valence-corrected chi connectivity index (χ2v) is 9.38. The van der Waals surface area contributed by atoms with Crippen molar-refractivity contribution >= 4 is 32.4 Å². The number of carbonyl (C=O) groups excluding carboxylic acids is 1. The van der Waals surface area contributed by atoms with E-state index in [1.54, 1.807) is 0 Å². The molecule has 0 aliphatic carbocycles. The van der Waals surface area contributed by atoms with Crippen molar-refractivity contribution < 1.29 is 17.9 Å². The molecule has 0 unspecified atom stereocenters. The van der Waals surface area contributed by atoms with Gasteiger partial charge in [0.05, 0.1) is 42.0 Å². The van der Waals surface area contributed by atoms with Crippen molar-refractivity contribution in [1.82, 2.24) is 14.2 Å². The van der Waals surface area contributed by atoms with E-state index in [0.717, 1.165) is 23.1 Å². The molecule has 9 nitrogen and oxygen atoms in total. The predicted molar refractivity (Wildman–Crippen MR) is 108 cm³/mol. The number of rotatable bonds is 7. The van der Waals surface area contributed by atoms with Gasteiger partial charge in [-0.2, -0.15) is 9.57 Å². The third-order valence-corrected chi connectivity index (χ3v) is 6.97. The predicted octanol–water partition coefficient (Wildman–Crippen LogP) is 1.11. The minimum absolute atomic E-state index is 0.0221. The zero-order valence-corrected chi connectivity index (χ0v) is 17.5. The van der Waals surface area contributed by atoms with Crippen molar-refractivity contribution in [2.24, 2.45) is 0 Å². The molecule has 154 valence electrons. The van der Waals surface area contributed by atoms with Crippen LogP contribution in [0.5, 0.6) is 0 Å². The van der Waals surface area contributed by atoms with E-state index in [2.05, 4.69) is 15.2 Å². The lowest BCUT2D eigenvalue weighted by Crippen LogP contribution is -2.35. The maximum atomic E-state index is 12.6. The monoisotopic (exact) mass is 435 g/mol. The molecule has 1 aromatic carbocycles. The molecule has 1 aliphatic rings. The highest BCUT2D eigenvalue weighted by atomic mass is 32.2. The molecule has 2 heterocycles. The Morgan fingerprint density at radius 1 is 1.34 bits per heavy atom. The van der Waals surface area contributed by atoms with E-state index in [0.29, 0.717) is 30.5 Å². The van der Waals surface area contributed by atoms with Crippen LogP contribution < -0.4 is 5.32 Å². The number of ether oxygens (including phenoxy) is 1. The molecule has 1 aliphatic heterocycles. The second-order valence-electron chi connectivity index (χ2n) is 6.48. The summed E-state index contributed by atoms with van der Waals surface area (Å²) in [4.78, 5) is 18.9. The average Bonchev–Trinajstić information content (AvgIpc) is 3.15. The maximum Gasteiger partial charge on any atom is 0.243 e. The molecule has 3 rings (SSSR count). The van der Waals surface area contributed by atoms with E-state index in [9.17, 15) is 13.2 Å². The van der Waals surface area contributed by atoms with E-state index in [1.807, 2.05) is 11.4 Å². The van der Waals surface area contributed by atoms with Gasteiger partial charge in [-0.1, -0.05) is 0 Å². The molecule has 11 heteroatoms. The van der Waals surface area contributed by atoms with Crippen LogP contribution in [-0.2, 0) is 26.1 Å². The number of sulfonamides is 1. The normalized spacial score (nSPS) is 15.2. The molecule has 1 amide bonds. The Morgan fingerprint density at radius 2 is 2.03 bits per heavy atom. The minimum atomic E-state index is -3.84. The Labute approximate surface area is 173 Å². The van der Waals surface area contributed by atoms with Gasteiger partial charge in [0.15, 0.2) is 5.13 Å². The minimum Gasteiger partial charge on any atom is -0.379 e. The van der Waals surface area contributed by atoms with Crippen LogP contribution in [0.4, 0.5) is 5.13 Å². The van der Waals surface area contributed by atoms with Gasteiger partial charge in [0.25, 0.3) is 0 Å². The van der Waals surface area contributed by atoms with Crippen LogP contribution in [0.3, 0.4) is 0 Å². The summed E-state index contributed by atoms with van der Waals surface area (Å²) in [6.07, 6.45) is 0. The van der Waals surface area contributed by atoms with Gasteiger partial charge < -0.3 is 10.1 Å². The zero-order chi connectivity index (χ0) is 20.9. The SMILES string of the molecule is CN(CC(=O)Nc1nc(CN2CCOCC2)cs1)S(=O)(=O)c1ccc(C#N)cc1. The molecular formula is C18H21N5O4S2. The summed E-state index contributed by atoms with van der Waals surface area (Å²) in [5, 5.41) is 13.8. The summed E-state index contributed by atoms with van der Waals surface area (Å²) in [6.45, 7) is 3.43. The summed E-state index contributed by atoms with van der Waals surface area (Å²) < 4.78 is 31.4. The fourth-order valence-corrected chi connectivity index (χ4v) is 4.60. The summed E-state index contributed by atoms with van der Waals surface area (Å²) in [5.74, 6) is -0.475. The average molecular weight is 436 g/mol. The fourth-order valence-electron chi connectivity index (χ4n) is 2.75. The molecule has 0 radical (unpaired) electrons. The van der Waals surface area contributed by atoms with Gasteiger partial charge in [-0.25, -0.2) is 13.4 Å². The number of anilines is 1. The number of hydrogen-bond acceptors (Lipinski definition) is 8. The Balaban J connectivity index is 1.56. The molecule has 1 fully saturated rings. The number of nitrogens with one attached hydrogen (secondary N) is 1. The molecule has 2 aromatic rings. The van der Waals surface area contributed by atoms with Gasteiger partial charge >= 0.3 is 0 Å². The quantitative estimate of drug-likeness (QED) is 0.692. The number of carbonyl (C=O) groups is 1.